The summed E-state index contributed by atoms with van der Waals surface area (Å²) in [6.45, 7) is 0. The molecule has 4 N–H and O–H groups in total. The van der Waals surface area contributed by atoms with Crippen molar-refractivity contribution in [3.8, 4) is 11.3 Å². The van der Waals surface area contributed by atoms with Crippen molar-refractivity contribution >= 4 is 5.82 Å². The lowest BCUT2D eigenvalue weighted by atomic mass is 10.1. The number of hydrogen-bond donors (Lipinski definition) is 4. The molecule has 82 valence electrons. The maximum Gasteiger partial charge on any atom is 0.156 e. The fourth-order valence-corrected chi connectivity index (χ4v) is 1.78. The average molecular weight is 219 g/mol. The van der Waals surface area contributed by atoms with Gasteiger partial charge in [-0.25, -0.2) is 9.97 Å². The average Bonchev–Trinajstić information content (AvgIpc) is 2.88. The predicted molar refractivity (Wildman–Crippen MR) is 54.2 cm³/mol. The van der Waals surface area contributed by atoms with E-state index >= 15 is 0 Å². The second-order valence-electron chi connectivity index (χ2n) is 3.51. The summed E-state index contributed by atoms with van der Waals surface area (Å²) in [6.07, 6.45) is 2.57. The SMILES string of the molecule is OC1Nc2ncnc(-c3cn[nH]c3)c2C1O. The second-order valence-corrected chi connectivity index (χ2v) is 3.51. The van der Waals surface area contributed by atoms with Crippen LogP contribution in [0.2, 0.25) is 0 Å². The van der Waals surface area contributed by atoms with Gasteiger partial charge in [-0.2, -0.15) is 5.10 Å². The number of aromatic nitrogens is 4. The number of anilines is 1. The summed E-state index contributed by atoms with van der Waals surface area (Å²) >= 11 is 0. The van der Waals surface area contributed by atoms with Gasteiger partial charge in [0.15, 0.2) is 6.23 Å². The largest absolute Gasteiger partial charge is 0.383 e. The van der Waals surface area contributed by atoms with Gasteiger partial charge in [0.2, 0.25) is 0 Å². The van der Waals surface area contributed by atoms with Crippen LogP contribution in [0.4, 0.5) is 5.82 Å². The normalized spacial score (nSPS) is 22.9. The molecular weight excluding hydrogens is 210 g/mol. The molecule has 0 saturated carbocycles. The zero-order valence-electron chi connectivity index (χ0n) is 8.12. The van der Waals surface area contributed by atoms with E-state index in [1.165, 1.54) is 6.33 Å². The number of nitrogens with one attached hydrogen (secondary N) is 2. The Hall–Kier alpha value is -1.99. The first-order valence-electron chi connectivity index (χ1n) is 4.74. The highest BCUT2D eigenvalue weighted by Gasteiger charge is 2.33. The summed E-state index contributed by atoms with van der Waals surface area (Å²) in [5.74, 6) is 0.450. The van der Waals surface area contributed by atoms with E-state index in [1.807, 2.05) is 0 Å². The molecule has 3 rings (SSSR count). The molecule has 7 nitrogen and oxygen atoms in total. The first kappa shape index (κ1) is 9.25. The van der Waals surface area contributed by atoms with Crippen LogP contribution < -0.4 is 5.32 Å². The van der Waals surface area contributed by atoms with Crippen molar-refractivity contribution in [3.05, 3.63) is 24.3 Å². The summed E-state index contributed by atoms with van der Waals surface area (Å²) in [7, 11) is 0. The summed E-state index contributed by atoms with van der Waals surface area (Å²) in [5, 5.41) is 28.5. The molecule has 0 saturated heterocycles. The van der Waals surface area contributed by atoms with Crippen LogP contribution in [0.3, 0.4) is 0 Å². The molecule has 0 fully saturated rings. The monoisotopic (exact) mass is 219 g/mol. The van der Waals surface area contributed by atoms with Crippen LogP contribution in [-0.2, 0) is 0 Å². The molecule has 0 radical (unpaired) electrons. The van der Waals surface area contributed by atoms with Gasteiger partial charge >= 0.3 is 0 Å². The standard InChI is InChI=1S/C9H9N5O2/c15-7-5-6(4-1-12-13-2-4)10-3-11-8(5)14-9(7)16/h1-3,7,9,15-16H,(H,12,13)(H,10,11,14). The van der Waals surface area contributed by atoms with E-state index in [2.05, 4.69) is 25.5 Å². The number of aromatic amines is 1. The molecule has 16 heavy (non-hydrogen) atoms. The fraction of sp³-hybridized carbons (Fsp3) is 0.222. The quantitative estimate of drug-likeness (QED) is 0.522. The van der Waals surface area contributed by atoms with Gasteiger partial charge in [-0.05, 0) is 0 Å². The molecule has 0 bridgehead atoms. The molecule has 0 amide bonds. The van der Waals surface area contributed by atoms with Crippen LogP contribution in [-0.4, -0.2) is 36.6 Å². The third kappa shape index (κ3) is 1.19. The van der Waals surface area contributed by atoms with Gasteiger partial charge in [-0.1, -0.05) is 0 Å². The van der Waals surface area contributed by atoms with Crippen molar-refractivity contribution in [1.29, 1.82) is 0 Å². The molecular formula is C9H9N5O2. The topological polar surface area (TPSA) is 107 Å². The molecule has 3 heterocycles. The van der Waals surface area contributed by atoms with Crippen molar-refractivity contribution < 1.29 is 10.2 Å². The first-order valence-corrected chi connectivity index (χ1v) is 4.74. The smallest absolute Gasteiger partial charge is 0.156 e. The van der Waals surface area contributed by atoms with Crippen LogP contribution in [0.1, 0.15) is 11.7 Å². The third-order valence-corrected chi connectivity index (χ3v) is 2.54. The van der Waals surface area contributed by atoms with Gasteiger partial charge in [0.25, 0.3) is 0 Å². The molecule has 2 unspecified atom stereocenters. The van der Waals surface area contributed by atoms with Gasteiger partial charge in [0.05, 0.1) is 17.5 Å². The van der Waals surface area contributed by atoms with Crippen molar-refractivity contribution in [2.75, 3.05) is 5.32 Å². The van der Waals surface area contributed by atoms with Gasteiger partial charge in [0, 0.05) is 11.8 Å². The molecule has 1 aliphatic heterocycles. The van der Waals surface area contributed by atoms with Gasteiger partial charge in [0.1, 0.15) is 18.2 Å². The van der Waals surface area contributed by atoms with Crippen molar-refractivity contribution in [1.82, 2.24) is 20.2 Å². The molecule has 0 aromatic carbocycles. The number of fused-ring (bicyclic) bond motifs is 1. The highest BCUT2D eigenvalue weighted by atomic mass is 16.3. The fourth-order valence-electron chi connectivity index (χ4n) is 1.78. The number of aliphatic hydroxyl groups is 2. The second kappa shape index (κ2) is 3.26. The van der Waals surface area contributed by atoms with Gasteiger partial charge in [-0.15, -0.1) is 0 Å². The summed E-state index contributed by atoms with van der Waals surface area (Å²) < 4.78 is 0. The lowest BCUT2D eigenvalue weighted by molar-refractivity contribution is 0.0464. The van der Waals surface area contributed by atoms with E-state index < -0.39 is 12.3 Å². The Morgan fingerprint density at radius 1 is 1.25 bits per heavy atom. The van der Waals surface area contributed by atoms with Crippen LogP contribution in [0.25, 0.3) is 11.3 Å². The number of aliphatic hydroxyl groups excluding tert-OH is 2. The maximum absolute atomic E-state index is 9.81. The van der Waals surface area contributed by atoms with Crippen LogP contribution in [0.5, 0.6) is 0 Å². The van der Waals surface area contributed by atoms with Crippen LogP contribution >= 0.6 is 0 Å². The Morgan fingerprint density at radius 3 is 2.88 bits per heavy atom. The van der Waals surface area contributed by atoms with Crippen LogP contribution in [0, 0.1) is 0 Å². The Morgan fingerprint density at radius 2 is 2.12 bits per heavy atom. The molecule has 0 aliphatic carbocycles. The molecule has 0 spiro atoms. The lowest BCUT2D eigenvalue weighted by Crippen LogP contribution is -2.19. The molecule has 1 aliphatic rings. The van der Waals surface area contributed by atoms with Crippen molar-refractivity contribution in [2.45, 2.75) is 12.3 Å². The predicted octanol–water partition coefficient (Wildman–Crippen LogP) is -0.356. The minimum absolute atomic E-state index is 0.450. The van der Waals surface area contributed by atoms with Gasteiger partial charge < -0.3 is 15.5 Å². The number of rotatable bonds is 1. The number of hydrogen-bond acceptors (Lipinski definition) is 6. The Bertz CT molecular complexity index is 513. The molecule has 7 heteroatoms. The van der Waals surface area contributed by atoms with E-state index in [4.69, 9.17) is 0 Å². The van der Waals surface area contributed by atoms with E-state index in [1.54, 1.807) is 12.4 Å². The highest BCUT2D eigenvalue weighted by molar-refractivity contribution is 5.70. The number of nitrogens with zero attached hydrogens (tertiary/aromatic N) is 3. The molecule has 2 aromatic heterocycles. The zero-order chi connectivity index (χ0) is 11.1. The molecule has 2 atom stereocenters. The van der Waals surface area contributed by atoms with E-state index in [0.29, 0.717) is 17.1 Å². The summed E-state index contributed by atoms with van der Waals surface area (Å²) in [4.78, 5) is 8.05. The maximum atomic E-state index is 9.81. The van der Waals surface area contributed by atoms with Gasteiger partial charge in [-0.3, -0.25) is 5.10 Å². The lowest BCUT2D eigenvalue weighted by Gasteiger charge is -2.08. The summed E-state index contributed by atoms with van der Waals surface area (Å²) in [5.41, 5.74) is 1.81. The Balaban J connectivity index is 2.19. The Kier molecular flexibility index (Phi) is 1.88. The van der Waals surface area contributed by atoms with Crippen LogP contribution in [0.15, 0.2) is 18.7 Å². The van der Waals surface area contributed by atoms with E-state index in [0.717, 1.165) is 5.56 Å². The Labute approximate surface area is 90.2 Å². The first-order chi connectivity index (χ1) is 7.77. The summed E-state index contributed by atoms with van der Waals surface area (Å²) in [6, 6.07) is 0. The minimum atomic E-state index is -1.04. The van der Waals surface area contributed by atoms with E-state index in [9.17, 15) is 10.2 Å². The minimum Gasteiger partial charge on any atom is -0.383 e. The van der Waals surface area contributed by atoms with E-state index in [-0.39, 0.29) is 0 Å². The van der Waals surface area contributed by atoms with Crippen molar-refractivity contribution in [3.63, 3.8) is 0 Å². The zero-order valence-corrected chi connectivity index (χ0v) is 8.12. The van der Waals surface area contributed by atoms with Crippen molar-refractivity contribution in [2.24, 2.45) is 0 Å². The highest BCUT2D eigenvalue weighted by Crippen LogP contribution is 2.37. The molecule has 2 aromatic rings. The number of H-pyrrole nitrogens is 1. The third-order valence-electron chi connectivity index (χ3n) is 2.54.